The van der Waals surface area contributed by atoms with Gasteiger partial charge in [-0.05, 0) is 57.7 Å². The lowest BCUT2D eigenvalue weighted by Gasteiger charge is -2.24. The lowest BCUT2D eigenvalue weighted by Crippen LogP contribution is -2.22. The van der Waals surface area contributed by atoms with Crippen LogP contribution in [0, 0.1) is 6.92 Å². The minimum atomic E-state index is -3.87. The highest BCUT2D eigenvalue weighted by molar-refractivity contribution is 7.90. The fraction of sp³-hybridized carbons (Fsp3) is 0.423. The molecule has 1 aromatic carbocycles. The third kappa shape index (κ3) is 4.46. The van der Waals surface area contributed by atoms with Gasteiger partial charge in [0.1, 0.15) is 0 Å². The van der Waals surface area contributed by atoms with Crippen LogP contribution in [0.1, 0.15) is 55.8 Å². The molecule has 194 valence electrons. The highest BCUT2D eigenvalue weighted by Gasteiger charge is 2.33. The van der Waals surface area contributed by atoms with Gasteiger partial charge in [0.05, 0.1) is 40.5 Å². The summed E-state index contributed by atoms with van der Waals surface area (Å²) in [5, 5.41) is 8.59. The second kappa shape index (κ2) is 9.46. The summed E-state index contributed by atoms with van der Waals surface area (Å²) in [7, 11) is -3.87. The highest BCUT2D eigenvalue weighted by Crippen LogP contribution is 2.45. The third-order valence-electron chi connectivity index (χ3n) is 6.92. The van der Waals surface area contributed by atoms with Gasteiger partial charge in [-0.15, -0.1) is 0 Å². The van der Waals surface area contributed by atoms with E-state index < -0.39 is 10.0 Å². The lowest BCUT2D eigenvalue weighted by molar-refractivity contribution is 0.0654. The first kappa shape index (κ1) is 23.9. The van der Waals surface area contributed by atoms with Crippen LogP contribution in [-0.4, -0.2) is 52.0 Å². The van der Waals surface area contributed by atoms with Crippen molar-refractivity contribution < 1.29 is 17.9 Å². The van der Waals surface area contributed by atoms with Gasteiger partial charge in [-0.1, -0.05) is 17.7 Å². The molecule has 1 N–H and O–H groups in total. The maximum Gasteiger partial charge on any atom is 0.269 e. The maximum absolute atomic E-state index is 13.5. The number of anilines is 2. The Kier molecular flexibility index (Phi) is 6.12. The van der Waals surface area contributed by atoms with Gasteiger partial charge >= 0.3 is 0 Å². The number of hydrogen-bond donors (Lipinski definition) is 1. The van der Waals surface area contributed by atoms with Crippen molar-refractivity contribution in [2.24, 2.45) is 0 Å². The predicted molar refractivity (Wildman–Crippen MR) is 139 cm³/mol. The van der Waals surface area contributed by atoms with Crippen LogP contribution in [0.3, 0.4) is 0 Å². The number of nitrogens with one attached hydrogen (secondary N) is 1. The molecule has 1 aliphatic carbocycles. The molecule has 6 rings (SSSR count). The van der Waals surface area contributed by atoms with Gasteiger partial charge in [0, 0.05) is 25.3 Å². The smallest absolute Gasteiger partial charge is 0.269 e. The Bertz CT molecular complexity index is 1530. The van der Waals surface area contributed by atoms with E-state index in [1.54, 1.807) is 30.3 Å². The molecule has 1 saturated carbocycles. The average molecular weight is 523 g/mol. The number of hydrogen-bond acceptors (Lipinski definition) is 8. The van der Waals surface area contributed by atoms with Crippen LogP contribution in [0.15, 0.2) is 47.6 Å². The minimum absolute atomic E-state index is 0.190. The second-order valence-electron chi connectivity index (χ2n) is 9.58. The quantitative estimate of drug-likeness (QED) is 0.359. The van der Waals surface area contributed by atoms with Gasteiger partial charge in [0.2, 0.25) is 11.8 Å². The number of ether oxygens (including phenoxy) is 2. The Morgan fingerprint density at radius 3 is 2.54 bits per heavy atom. The van der Waals surface area contributed by atoms with Crippen LogP contribution in [0.25, 0.3) is 11.0 Å². The molecule has 0 atom stereocenters. The molecule has 10 nitrogen and oxygen atoms in total. The zero-order valence-electron chi connectivity index (χ0n) is 20.9. The van der Waals surface area contributed by atoms with Crippen molar-refractivity contribution in [1.29, 1.82) is 0 Å². The molecular formula is C26H30N6O4S. The summed E-state index contributed by atoms with van der Waals surface area (Å²) in [6.07, 6.45) is 7.42. The van der Waals surface area contributed by atoms with Crippen LogP contribution in [0.2, 0.25) is 0 Å². The summed E-state index contributed by atoms with van der Waals surface area (Å²) in [6.45, 7) is 5.64. The minimum Gasteiger partial charge on any atom is -0.477 e. The largest absolute Gasteiger partial charge is 0.477 e. The Morgan fingerprint density at radius 2 is 1.84 bits per heavy atom. The van der Waals surface area contributed by atoms with Gasteiger partial charge in [0.15, 0.2) is 5.65 Å². The molecular weight excluding hydrogens is 492 g/mol. The monoisotopic (exact) mass is 522 g/mol. The fourth-order valence-corrected chi connectivity index (χ4v) is 6.15. The van der Waals surface area contributed by atoms with Crippen LogP contribution < -0.4 is 10.1 Å². The molecule has 4 aromatic rings. The molecule has 11 heteroatoms. The number of aryl methyl sites for hydroxylation is 1. The van der Waals surface area contributed by atoms with E-state index in [-0.39, 0.29) is 16.5 Å². The Hall–Kier alpha value is -3.44. The van der Waals surface area contributed by atoms with E-state index in [0.717, 1.165) is 55.8 Å². The van der Waals surface area contributed by atoms with Gasteiger partial charge < -0.3 is 14.8 Å². The Labute approximate surface area is 215 Å². The van der Waals surface area contributed by atoms with Crippen molar-refractivity contribution in [3.63, 3.8) is 0 Å². The van der Waals surface area contributed by atoms with E-state index in [0.29, 0.717) is 29.8 Å². The molecule has 1 saturated heterocycles. The molecule has 4 heterocycles. The van der Waals surface area contributed by atoms with E-state index in [1.807, 2.05) is 20.0 Å². The summed E-state index contributed by atoms with van der Waals surface area (Å²) in [4.78, 5) is 9.44. The lowest BCUT2D eigenvalue weighted by atomic mass is 10.1. The summed E-state index contributed by atoms with van der Waals surface area (Å²) in [5.74, 6) is 1.04. The normalized spacial score (nSPS) is 16.8. The molecule has 0 unspecified atom stereocenters. The van der Waals surface area contributed by atoms with Crippen LogP contribution in [-0.2, 0) is 14.8 Å². The number of benzene rings is 1. The summed E-state index contributed by atoms with van der Waals surface area (Å²) in [5.41, 5.74) is 3.23. The van der Waals surface area contributed by atoms with Gasteiger partial charge in [-0.25, -0.2) is 12.4 Å². The molecule has 0 radical (unpaired) electrons. The standard InChI is InChI=1S/C26H30N6O4S/c1-3-36-25-21-10-13-31(37(33,34)20-8-4-17(2)5-9-20)24(21)29-26(30-25)28-22-16-27-32(23(22)18-6-7-18)19-11-14-35-15-12-19/h4-5,8-10,13,16,18-19H,3,6-7,11-12,14-15H2,1-2H3,(H,28,29,30). The average Bonchev–Trinajstić information content (AvgIpc) is 3.50. The zero-order chi connectivity index (χ0) is 25.6. The number of fused-ring (bicyclic) bond motifs is 1. The molecule has 0 bridgehead atoms. The maximum atomic E-state index is 13.5. The van der Waals surface area contributed by atoms with E-state index in [2.05, 4.69) is 20.0 Å². The van der Waals surface area contributed by atoms with E-state index in [4.69, 9.17) is 14.6 Å². The third-order valence-corrected chi connectivity index (χ3v) is 8.60. The summed E-state index contributed by atoms with van der Waals surface area (Å²) < 4.78 is 41.7. The first-order chi connectivity index (χ1) is 18.0. The van der Waals surface area contributed by atoms with Gasteiger partial charge in [-0.3, -0.25) is 4.68 Å². The van der Waals surface area contributed by atoms with Crippen LogP contribution in [0.5, 0.6) is 5.88 Å². The van der Waals surface area contributed by atoms with Gasteiger partial charge in [-0.2, -0.15) is 15.1 Å². The SMILES string of the molecule is CCOc1nc(Nc2cnn(C3CCOCC3)c2C2CC2)nc2c1ccn2S(=O)(=O)c1ccc(C)cc1. The van der Waals surface area contributed by atoms with Crippen molar-refractivity contribution in [2.75, 3.05) is 25.1 Å². The molecule has 37 heavy (non-hydrogen) atoms. The van der Waals surface area contributed by atoms with E-state index in [9.17, 15) is 8.42 Å². The van der Waals surface area contributed by atoms with Gasteiger partial charge in [0.25, 0.3) is 10.0 Å². The first-order valence-corrected chi connectivity index (χ1v) is 14.2. The van der Waals surface area contributed by atoms with Crippen LogP contribution >= 0.6 is 0 Å². The second-order valence-corrected chi connectivity index (χ2v) is 11.4. The topological polar surface area (TPSA) is 113 Å². The van der Waals surface area contributed by atoms with Crippen molar-refractivity contribution in [3.05, 3.63) is 54.0 Å². The fourth-order valence-electron chi connectivity index (χ4n) is 4.86. The predicted octanol–water partition coefficient (Wildman–Crippen LogP) is 4.54. The molecule has 2 aliphatic rings. The Balaban J connectivity index is 1.41. The van der Waals surface area contributed by atoms with Crippen molar-refractivity contribution >= 4 is 32.7 Å². The number of nitrogens with zero attached hydrogens (tertiary/aromatic N) is 5. The first-order valence-electron chi connectivity index (χ1n) is 12.7. The molecule has 2 fully saturated rings. The number of rotatable bonds is 8. The molecule has 1 aliphatic heterocycles. The van der Waals surface area contributed by atoms with Crippen molar-refractivity contribution in [2.45, 2.75) is 56.4 Å². The van der Waals surface area contributed by atoms with E-state index >= 15 is 0 Å². The van der Waals surface area contributed by atoms with E-state index in [1.165, 1.54) is 10.2 Å². The van der Waals surface area contributed by atoms with Crippen molar-refractivity contribution in [1.82, 2.24) is 23.7 Å². The molecule has 0 spiro atoms. The van der Waals surface area contributed by atoms with Crippen molar-refractivity contribution in [3.8, 4) is 5.88 Å². The highest BCUT2D eigenvalue weighted by atomic mass is 32.2. The zero-order valence-corrected chi connectivity index (χ0v) is 21.7. The van der Waals surface area contributed by atoms with Crippen LogP contribution in [0.4, 0.5) is 11.6 Å². The Morgan fingerprint density at radius 1 is 1.08 bits per heavy atom. The molecule has 3 aromatic heterocycles. The molecule has 0 amide bonds. The summed E-state index contributed by atoms with van der Waals surface area (Å²) >= 11 is 0. The summed E-state index contributed by atoms with van der Waals surface area (Å²) in [6, 6.07) is 8.75. The number of aromatic nitrogens is 5.